The molecule has 0 saturated heterocycles. The van der Waals surface area contributed by atoms with E-state index < -0.39 is 0 Å². The summed E-state index contributed by atoms with van der Waals surface area (Å²) >= 11 is 0. The van der Waals surface area contributed by atoms with E-state index in [1.807, 2.05) is 0 Å². The molecule has 2 heteroatoms. The van der Waals surface area contributed by atoms with E-state index in [1.165, 1.54) is 25.7 Å². The third-order valence-electron chi connectivity index (χ3n) is 2.96. The Morgan fingerprint density at radius 2 is 2.23 bits per heavy atom. The van der Waals surface area contributed by atoms with Gasteiger partial charge in [0.1, 0.15) is 0 Å². The lowest BCUT2D eigenvalue weighted by molar-refractivity contribution is 0.481. The maximum absolute atomic E-state index is 5.68. The Balaban J connectivity index is 1.94. The van der Waals surface area contributed by atoms with Crippen molar-refractivity contribution in [2.45, 2.75) is 58.0 Å². The van der Waals surface area contributed by atoms with Gasteiger partial charge in [0.25, 0.3) is 0 Å². The Kier molecular flexibility index (Phi) is 4.74. The van der Waals surface area contributed by atoms with Crippen LogP contribution in [0.2, 0.25) is 0 Å². The summed E-state index contributed by atoms with van der Waals surface area (Å²) in [4.78, 5) is 0. The molecule has 78 valence electrons. The van der Waals surface area contributed by atoms with E-state index in [-0.39, 0.29) is 0 Å². The van der Waals surface area contributed by atoms with E-state index >= 15 is 0 Å². The molecular weight excluding hydrogens is 160 g/mol. The molecule has 0 aliphatic heterocycles. The highest BCUT2D eigenvalue weighted by atomic mass is 14.9. The van der Waals surface area contributed by atoms with Gasteiger partial charge in [-0.3, -0.25) is 0 Å². The van der Waals surface area contributed by atoms with Gasteiger partial charge in [0.15, 0.2) is 0 Å². The van der Waals surface area contributed by atoms with Crippen molar-refractivity contribution in [3.8, 4) is 0 Å². The third kappa shape index (κ3) is 4.63. The minimum Gasteiger partial charge on any atom is -0.328 e. The van der Waals surface area contributed by atoms with Crippen LogP contribution in [0, 0.1) is 5.92 Å². The molecule has 1 aliphatic carbocycles. The van der Waals surface area contributed by atoms with E-state index in [1.54, 1.807) is 0 Å². The van der Waals surface area contributed by atoms with E-state index in [9.17, 15) is 0 Å². The van der Waals surface area contributed by atoms with Crippen molar-refractivity contribution in [1.29, 1.82) is 0 Å². The quantitative estimate of drug-likeness (QED) is 0.640. The third-order valence-corrected chi connectivity index (χ3v) is 2.96. The highest BCUT2D eigenvalue weighted by Crippen LogP contribution is 2.24. The molecule has 0 aromatic heterocycles. The summed E-state index contributed by atoms with van der Waals surface area (Å²) < 4.78 is 0. The monoisotopic (exact) mass is 184 g/mol. The standard InChI is InChI=1S/C11H24N2/c1-9-5-6-11(8-9)13-7-3-4-10(2)12/h9-11,13H,3-8,12H2,1-2H3. The Morgan fingerprint density at radius 3 is 2.77 bits per heavy atom. The van der Waals surface area contributed by atoms with Gasteiger partial charge in [-0.05, 0) is 51.5 Å². The lowest BCUT2D eigenvalue weighted by Gasteiger charge is -2.12. The first-order valence-corrected chi connectivity index (χ1v) is 5.67. The molecule has 1 aliphatic rings. The van der Waals surface area contributed by atoms with Gasteiger partial charge in [0.05, 0.1) is 0 Å². The molecule has 2 nitrogen and oxygen atoms in total. The van der Waals surface area contributed by atoms with Crippen LogP contribution in [0.5, 0.6) is 0 Å². The Morgan fingerprint density at radius 1 is 1.46 bits per heavy atom. The summed E-state index contributed by atoms with van der Waals surface area (Å²) in [7, 11) is 0. The van der Waals surface area contributed by atoms with Crippen molar-refractivity contribution in [3.63, 3.8) is 0 Å². The minimum absolute atomic E-state index is 0.365. The van der Waals surface area contributed by atoms with Crippen molar-refractivity contribution < 1.29 is 0 Å². The van der Waals surface area contributed by atoms with Gasteiger partial charge in [-0.15, -0.1) is 0 Å². The summed E-state index contributed by atoms with van der Waals surface area (Å²) in [5.74, 6) is 0.936. The van der Waals surface area contributed by atoms with E-state index in [0.29, 0.717) is 6.04 Å². The molecule has 0 spiro atoms. The first-order valence-electron chi connectivity index (χ1n) is 5.67. The molecule has 0 bridgehead atoms. The zero-order valence-electron chi connectivity index (χ0n) is 9.05. The second-order valence-corrected chi connectivity index (χ2v) is 4.69. The van der Waals surface area contributed by atoms with Crippen LogP contribution >= 0.6 is 0 Å². The predicted octanol–water partition coefficient (Wildman–Crippen LogP) is 1.89. The molecule has 1 rings (SSSR count). The predicted molar refractivity (Wildman–Crippen MR) is 57.7 cm³/mol. The van der Waals surface area contributed by atoms with Crippen LogP contribution in [0.25, 0.3) is 0 Å². The van der Waals surface area contributed by atoms with Gasteiger partial charge in [-0.1, -0.05) is 6.92 Å². The molecule has 3 unspecified atom stereocenters. The first-order chi connectivity index (χ1) is 6.18. The van der Waals surface area contributed by atoms with Crippen LogP contribution in [-0.2, 0) is 0 Å². The Labute approximate surface area is 82.3 Å². The van der Waals surface area contributed by atoms with Gasteiger partial charge in [0, 0.05) is 12.1 Å². The van der Waals surface area contributed by atoms with Crippen LogP contribution in [0.4, 0.5) is 0 Å². The van der Waals surface area contributed by atoms with Crippen LogP contribution < -0.4 is 11.1 Å². The minimum atomic E-state index is 0.365. The Hall–Kier alpha value is -0.0800. The topological polar surface area (TPSA) is 38.0 Å². The molecule has 0 radical (unpaired) electrons. The van der Waals surface area contributed by atoms with Crippen molar-refractivity contribution in [1.82, 2.24) is 5.32 Å². The van der Waals surface area contributed by atoms with Crippen LogP contribution in [0.15, 0.2) is 0 Å². The second kappa shape index (κ2) is 5.61. The lowest BCUT2D eigenvalue weighted by atomic mass is 10.1. The fraction of sp³-hybridized carbons (Fsp3) is 1.00. The van der Waals surface area contributed by atoms with Crippen molar-refractivity contribution in [2.75, 3.05) is 6.54 Å². The number of hydrogen-bond donors (Lipinski definition) is 2. The maximum atomic E-state index is 5.68. The van der Waals surface area contributed by atoms with Crippen molar-refractivity contribution in [2.24, 2.45) is 11.7 Å². The van der Waals surface area contributed by atoms with Gasteiger partial charge >= 0.3 is 0 Å². The smallest absolute Gasteiger partial charge is 0.00696 e. The SMILES string of the molecule is CC(N)CCCNC1CCC(C)C1. The fourth-order valence-corrected chi connectivity index (χ4v) is 2.12. The fourth-order valence-electron chi connectivity index (χ4n) is 2.12. The summed E-state index contributed by atoms with van der Waals surface area (Å²) in [5.41, 5.74) is 5.68. The number of nitrogens with one attached hydrogen (secondary N) is 1. The molecule has 3 N–H and O–H groups in total. The molecule has 0 aromatic rings. The number of nitrogens with two attached hydrogens (primary N) is 1. The average Bonchev–Trinajstić information content (AvgIpc) is 2.45. The van der Waals surface area contributed by atoms with E-state index in [4.69, 9.17) is 5.73 Å². The maximum Gasteiger partial charge on any atom is 0.00696 e. The molecular formula is C11H24N2. The van der Waals surface area contributed by atoms with E-state index in [0.717, 1.165) is 24.9 Å². The van der Waals surface area contributed by atoms with Gasteiger partial charge < -0.3 is 11.1 Å². The molecule has 0 amide bonds. The molecule has 13 heavy (non-hydrogen) atoms. The lowest BCUT2D eigenvalue weighted by Crippen LogP contribution is -2.28. The molecule has 1 saturated carbocycles. The van der Waals surface area contributed by atoms with Gasteiger partial charge in [0.2, 0.25) is 0 Å². The zero-order valence-corrected chi connectivity index (χ0v) is 9.05. The highest BCUT2D eigenvalue weighted by molar-refractivity contribution is 4.78. The largest absolute Gasteiger partial charge is 0.328 e. The van der Waals surface area contributed by atoms with Gasteiger partial charge in [-0.25, -0.2) is 0 Å². The summed E-state index contributed by atoms with van der Waals surface area (Å²) in [5, 5.41) is 3.61. The second-order valence-electron chi connectivity index (χ2n) is 4.69. The molecule has 1 fully saturated rings. The molecule has 0 heterocycles. The number of rotatable bonds is 5. The highest BCUT2D eigenvalue weighted by Gasteiger charge is 2.19. The van der Waals surface area contributed by atoms with E-state index in [2.05, 4.69) is 19.2 Å². The summed E-state index contributed by atoms with van der Waals surface area (Å²) in [6.07, 6.45) is 6.53. The first kappa shape index (κ1) is 11.0. The zero-order chi connectivity index (χ0) is 9.68. The summed E-state index contributed by atoms with van der Waals surface area (Å²) in [6.45, 7) is 5.58. The number of hydrogen-bond acceptors (Lipinski definition) is 2. The van der Waals surface area contributed by atoms with Crippen LogP contribution in [0.1, 0.15) is 46.0 Å². The average molecular weight is 184 g/mol. The van der Waals surface area contributed by atoms with Crippen molar-refractivity contribution >= 4 is 0 Å². The Bertz CT molecular complexity index is 134. The van der Waals surface area contributed by atoms with Gasteiger partial charge in [-0.2, -0.15) is 0 Å². The van der Waals surface area contributed by atoms with Crippen LogP contribution in [-0.4, -0.2) is 18.6 Å². The molecule has 0 aromatic carbocycles. The normalized spacial score (nSPS) is 30.7. The van der Waals surface area contributed by atoms with Crippen molar-refractivity contribution in [3.05, 3.63) is 0 Å². The molecule has 3 atom stereocenters. The summed E-state index contributed by atoms with van der Waals surface area (Å²) in [6, 6.07) is 1.16. The van der Waals surface area contributed by atoms with Crippen LogP contribution in [0.3, 0.4) is 0 Å².